The molecule has 80 valence electrons. The summed E-state index contributed by atoms with van der Waals surface area (Å²) in [6.07, 6.45) is 1.70. The summed E-state index contributed by atoms with van der Waals surface area (Å²) < 4.78 is 16.2. The van der Waals surface area contributed by atoms with Gasteiger partial charge in [-0.1, -0.05) is 24.3 Å². The molecule has 1 heterocycles. The largest absolute Gasteiger partial charge is 0.488 e. The van der Waals surface area contributed by atoms with Crippen molar-refractivity contribution in [2.45, 2.75) is 5.79 Å². The van der Waals surface area contributed by atoms with Gasteiger partial charge in [0.25, 0.3) is 0 Å². The van der Waals surface area contributed by atoms with Crippen LogP contribution in [0, 0.1) is 0 Å². The molecular weight excluding hydrogens is 192 g/mol. The van der Waals surface area contributed by atoms with E-state index in [9.17, 15) is 0 Å². The first-order chi connectivity index (χ1) is 7.35. The third-order valence-electron chi connectivity index (χ3n) is 2.13. The average molecular weight is 206 g/mol. The molecule has 1 aromatic carbocycles. The van der Waals surface area contributed by atoms with E-state index in [4.69, 9.17) is 14.2 Å². The molecule has 0 aliphatic carbocycles. The molecule has 3 nitrogen and oxygen atoms in total. The molecule has 1 aromatic rings. The lowest BCUT2D eigenvalue weighted by Gasteiger charge is -2.13. The standard InChI is InChI=1S/C12H14O3/c1-2-8-14-12(10-15-12)9-13-11-6-4-3-5-7-11/h2-7H,1,8-10H2. The van der Waals surface area contributed by atoms with E-state index in [-0.39, 0.29) is 0 Å². The number of ether oxygens (including phenoxy) is 3. The number of epoxide rings is 1. The molecule has 3 heteroatoms. The Morgan fingerprint density at radius 2 is 2.13 bits per heavy atom. The van der Waals surface area contributed by atoms with E-state index in [1.807, 2.05) is 30.3 Å². The van der Waals surface area contributed by atoms with E-state index in [2.05, 4.69) is 6.58 Å². The SMILES string of the molecule is C=CCOC1(COc2ccccc2)CO1. The van der Waals surface area contributed by atoms with Gasteiger partial charge in [-0.2, -0.15) is 0 Å². The summed E-state index contributed by atoms with van der Waals surface area (Å²) in [5.41, 5.74) is 0. The van der Waals surface area contributed by atoms with Crippen LogP contribution in [-0.4, -0.2) is 25.6 Å². The summed E-state index contributed by atoms with van der Waals surface area (Å²) in [5.74, 6) is 0.291. The van der Waals surface area contributed by atoms with Gasteiger partial charge in [0.1, 0.15) is 19.0 Å². The molecule has 0 saturated carbocycles. The van der Waals surface area contributed by atoms with Crippen molar-refractivity contribution in [1.82, 2.24) is 0 Å². The fourth-order valence-corrected chi connectivity index (χ4v) is 1.21. The first-order valence-electron chi connectivity index (χ1n) is 4.91. The van der Waals surface area contributed by atoms with Crippen LogP contribution in [0.1, 0.15) is 0 Å². The number of hydrogen-bond donors (Lipinski definition) is 0. The number of benzene rings is 1. The van der Waals surface area contributed by atoms with Crippen LogP contribution in [0.3, 0.4) is 0 Å². The molecule has 1 unspecified atom stereocenters. The van der Waals surface area contributed by atoms with Crippen LogP contribution in [0.2, 0.25) is 0 Å². The van der Waals surface area contributed by atoms with E-state index in [0.717, 1.165) is 5.75 Å². The molecule has 0 aromatic heterocycles. The molecule has 0 N–H and O–H groups in total. The van der Waals surface area contributed by atoms with Crippen molar-refractivity contribution in [1.29, 1.82) is 0 Å². The summed E-state index contributed by atoms with van der Waals surface area (Å²) in [7, 11) is 0. The zero-order valence-corrected chi connectivity index (χ0v) is 8.52. The second-order valence-electron chi connectivity index (χ2n) is 3.40. The normalized spacial score (nSPS) is 23.5. The van der Waals surface area contributed by atoms with Gasteiger partial charge in [0.05, 0.1) is 6.61 Å². The Balaban J connectivity index is 1.80. The average Bonchev–Trinajstić information content (AvgIpc) is 3.06. The summed E-state index contributed by atoms with van der Waals surface area (Å²) in [6.45, 7) is 5.09. The van der Waals surface area contributed by atoms with Crippen molar-refractivity contribution in [3.05, 3.63) is 43.0 Å². The predicted molar refractivity (Wildman–Crippen MR) is 56.8 cm³/mol. The fraction of sp³-hybridized carbons (Fsp3) is 0.333. The maximum absolute atomic E-state index is 5.55. The Morgan fingerprint density at radius 1 is 1.40 bits per heavy atom. The van der Waals surface area contributed by atoms with Crippen LogP contribution in [0.5, 0.6) is 5.75 Å². The van der Waals surface area contributed by atoms with Crippen molar-refractivity contribution in [3.8, 4) is 5.75 Å². The highest BCUT2D eigenvalue weighted by atomic mass is 16.8. The molecule has 2 rings (SSSR count). The lowest BCUT2D eigenvalue weighted by atomic mass is 10.3. The minimum Gasteiger partial charge on any atom is -0.488 e. The maximum Gasteiger partial charge on any atom is 0.227 e. The lowest BCUT2D eigenvalue weighted by molar-refractivity contribution is -0.0574. The second-order valence-corrected chi connectivity index (χ2v) is 3.40. The fourth-order valence-electron chi connectivity index (χ4n) is 1.21. The first kappa shape index (κ1) is 10.2. The van der Waals surface area contributed by atoms with Crippen LogP contribution < -0.4 is 4.74 Å². The van der Waals surface area contributed by atoms with E-state index < -0.39 is 5.79 Å². The molecule has 1 aliphatic heterocycles. The van der Waals surface area contributed by atoms with Crippen molar-refractivity contribution in [2.75, 3.05) is 19.8 Å². The van der Waals surface area contributed by atoms with Gasteiger partial charge in [-0.05, 0) is 12.1 Å². The van der Waals surface area contributed by atoms with Gasteiger partial charge >= 0.3 is 0 Å². The molecule has 1 saturated heterocycles. The quantitative estimate of drug-likeness (QED) is 0.527. The highest BCUT2D eigenvalue weighted by Crippen LogP contribution is 2.29. The summed E-state index contributed by atoms with van der Waals surface area (Å²) >= 11 is 0. The second kappa shape index (κ2) is 4.47. The van der Waals surface area contributed by atoms with Crippen molar-refractivity contribution >= 4 is 0 Å². The number of para-hydroxylation sites is 1. The number of hydrogen-bond acceptors (Lipinski definition) is 3. The van der Waals surface area contributed by atoms with Crippen LogP contribution in [0.25, 0.3) is 0 Å². The van der Waals surface area contributed by atoms with Gasteiger partial charge in [-0.15, -0.1) is 6.58 Å². The molecule has 0 bridgehead atoms. The lowest BCUT2D eigenvalue weighted by Crippen LogP contribution is -2.25. The van der Waals surface area contributed by atoms with Crippen molar-refractivity contribution in [2.24, 2.45) is 0 Å². The zero-order chi connectivity index (χ0) is 10.6. The highest BCUT2D eigenvalue weighted by molar-refractivity contribution is 5.21. The van der Waals surface area contributed by atoms with Crippen LogP contribution >= 0.6 is 0 Å². The van der Waals surface area contributed by atoms with Crippen molar-refractivity contribution < 1.29 is 14.2 Å². The highest BCUT2D eigenvalue weighted by Gasteiger charge is 2.47. The van der Waals surface area contributed by atoms with Gasteiger partial charge in [-0.3, -0.25) is 0 Å². The maximum atomic E-state index is 5.55. The van der Waals surface area contributed by atoms with Gasteiger partial charge in [0, 0.05) is 0 Å². The topological polar surface area (TPSA) is 31.0 Å². The van der Waals surface area contributed by atoms with Gasteiger partial charge in [-0.25, -0.2) is 0 Å². The van der Waals surface area contributed by atoms with E-state index in [1.165, 1.54) is 0 Å². The molecule has 1 atom stereocenters. The molecule has 1 fully saturated rings. The Kier molecular flexibility index (Phi) is 3.04. The molecule has 0 amide bonds. The summed E-state index contributed by atoms with van der Waals surface area (Å²) in [6, 6.07) is 9.62. The van der Waals surface area contributed by atoms with Crippen LogP contribution in [0.4, 0.5) is 0 Å². The van der Waals surface area contributed by atoms with E-state index in [0.29, 0.717) is 19.8 Å². The molecule has 0 spiro atoms. The van der Waals surface area contributed by atoms with E-state index >= 15 is 0 Å². The minimum absolute atomic E-state index is 0.421. The Morgan fingerprint density at radius 3 is 2.73 bits per heavy atom. The Hall–Kier alpha value is -1.32. The van der Waals surface area contributed by atoms with Gasteiger partial charge in [0.2, 0.25) is 5.79 Å². The molecule has 15 heavy (non-hydrogen) atoms. The first-order valence-corrected chi connectivity index (χ1v) is 4.91. The van der Waals surface area contributed by atoms with Crippen molar-refractivity contribution in [3.63, 3.8) is 0 Å². The number of rotatable bonds is 6. The third kappa shape index (κ3) is 2.81. The molecular formula is C12H14O3. The Labute approximate surface area is 89.3 Å². The minimum atomic E-state index is -0.538. The van der Waals surface area contributed by atoms with Crippen LogP contribution in [0.15, 0.2) is 43.0 Å². The monoisotopic (exact) mass is 206 g/mol. The molecule has 0 radical (unpaired) electrons. The van der Waals surface area contributed by atoms with E-state index in [1.54, 1.807) is 6.08 Å². The summed E-state index contributed by atoms with van der Waals surface area (Å²) in [4.78, 5) is 0. The summed E-state index contributed by atoms with van der Waals surface area (Å²) in [5, 5.41) is 0. The third-order valence-corrected chi connectivity index (χ3v) is 2.13. The smallest absolute Gasteiger partial charge is 0.227 e. The Bertz CT molecular complexity index is 317. The molecule has 1 aliphatic rings. The van der Waals surface area contributed by atoms with Crippen LogP contribution in [-0.2, 0) is 9.47 Å². The predicted octanol–water partition coefficient (Wildman–Crippen LogP) is 1.99. The van der Waals surface area contributed by atoms with Gasteiger partial charge < -0.3 is 14.2 Å². The zero-order valence-electron chi connectivity index (χ0n) is 8.52. The van der Waals surface area contributed by atoms with Gasteiger partial charge in [0.15, 0.2) is 0 Å².